The maximum atomic E-state index is 13.7. The molecule has 0 aromatic heterocycles. The monoisotopic (exact) mass is 394 g/mol. The van der Waals surface area contributed by atoms with E-state index in [1.54, 1.807) is 29.2 Å². The van der Waals surface area contributed by atoms with Crippen molar-refractivity contribution in [1.82, 2.24) is 4.90 Å². The van der Waals surface area contributed by atoms with E-state index in [-0.39, 0.29) is 23.4 Å². The highest BCUT2D eigenvalue weighted by Gasteiger charge is 2.28. The second-order valence-corrected chi connectivity index (χ2v) is 7.06. The minimum atomic E-state index is -0.530. The van der Waals surface area contributed by atoms with Crippen molar-refractivity contribution in [3.05, 3.63) is 63.9 Å². The zero-order chi connectivity index (χ0) is 18.7. The minimum Gasteiger partial charge on any atom is -0.339 e. The smallest absolute Gasteiger partial charge is 0.253 e. The number of likely N-dealkylation sites (tertiary alicyclic amines) is 1. The van der Waals surface area contributed by atoms with Crippen LogP contribution in [0.3, 0.4) is 0 Å². The Kier molecular flexibility index (Phi) is 5.79. The Hall–Kier alpha value is -2.11. The topological polar surface area (TPSA) is 49.4 Å². The number of nitrogens with zero attached hydrogens (tertiary/aromatic N) is 1. The molecular weight excluding hydrogens is 378 g/mol. The summed E-state index contributed by atoms with van der Waals surface area (Å²) in [6.07, 6.45) is 1.04. The molecule has 1 fully saturated rings. The summed E-state index contributed by atoms with van der Waals surface area (Å²) in [7, 11) is 0. The average molecular weight is 395 g/mol. The van der Waals surface area contributed by atoms with Gasteiger partial charge in [0.25, 0.3) is 5.91 Å². The summed E-state index contributed by atoms with van der Waals surface area (Å²) in [5.74, 6) is -1.15. The van der Waals surface area contributed by atoms with Crippen molar-refractivity contribution in [3.63, 3.8) is 0 Å². The summed E-state index contributed by atoms with van der Waals surface area (Å²) in [4.78, 5) is 26.6. The molecular formula is C19H17Cl2FN2O2. The minimum absolute atomic E-state index is 0.0715. The molecule has 0 atom stereocenters. The van der Waals surface area contributed by atoms with E-state index < -0.39 is 5.82 Å². The zero-order valence-electron chi connectivity index (χ0n) is 13.8. The highest BCUT2D eigenvalue weighted by molar-refractivity contribution is 6.31. The molecule has 7 heteroatoms. The number of carbonyl (C=O) groups is 2. The Morgan fingerprint density at radius 3 is 2.27 bits per heavy atom. The van der Waals surface area contributed by atoms with Gasteiger partial charge in [-0.3, -0.25) is 9.59 Å². The van der Waals surface area contributed by atoms with E-state index in [1.165, 1.54) is 18.2 Å². The number of anilines is 1. The van der Waals surface area contributed by atoms with Crippen LogP contribution in [0.1, 0.15) is 23.2 Å². The Balaban J connectivity index is 1.57. The molecule has 1 aliphatic rings. The van der Waals surface area contributed by atoms with Crippen LogP contribution < -0.4 is 5.32 Å². The molecule has 0 bridgehead atoms. The van der Waals surface area contributed by atoms with Crippen molar-refractivity contribution in [2.75, 3.05) is 18.4 Å². The summed E-state index contributed by atoms with van der Waals surface area (Å²) in [5, 5.41) is 3.51. The molecule has 3 rings (SSSR count). The van der Waals surface area contributed by atoms with E-state index in [9.17, 15) is 14.0 Å². The molecule has 1 saturated heterocycles. The van der Waals surface area contributed by atoms with E-state index in [2.05, 4.69) is 5.32 Å². The van der Waals surface area contributed by atoms with Crippen molar-refractivity contribution in [3.8, 4) is 0 Å². The molecule has 2 aromatic carbocycles. The number of carbonyl (C=O) groups excluding carboxylic acids is 2. The number of benzene rings is 2. The Labute approximate surface area is 160 Å². The van der Waals surface area contributed by atoms with Crippen LogP contribution in [0.5, 0.6) is 0 Å². The maximum absolute atomic E-state index is 13.7. The van der Waals surface area contributed by atoms with Crippen molar-refractivity contribution >= 4 is 40.7 Å². The lowest BCUT2D eigenvalue weighted by atomic mass is 9.95. The molecule has 1 N–H and O–H groups in total. The summed E-state index contributed by atoms with van der Waals surface area (Å²) in [5.41, 5.74) is 0.639. The maximum Gasteiger partial charge on any atom is 0.253 e. The lowest BCUT2D eigenvalue weighted by Gasteiger charge is -2.31. The first-order valence-electron chi connectivity index (χ1n) is 8.25. The van der Waals surface area contributed by atoms with E-state index in [4.69, 9.17) is 23.2 Å². The van der Waals surface area contributed by atoms with Gasteiger partial charge in [0.15, 0.2) is 0 Å². The van der Waals surface area contributed by atoms with Crippen LogP contribution in [0.15, 0.2) is 42.5 Å². The van der Waals surface area contributed by atoms with Crippen LogP contribution >= 0.6 is 23.2 Å². The van der Waals surface area contributed by atoms with Gasteiger partial charge < -0.3 is 10.2 Å². The van der Waals surface area contributed by atoms with Crippen LogP contribution in [0, 0.1) is 11.7 Å². The van der Waals surface area contributed by atoms with Gasteiger partial charge in [-0.05, 0) is 55.3 Å². The quantitative estimate of drug-likeness (QED) is 0.825. The molecule has 0 unspecified atom stereocenters. The average Bonchev–Trinajstić information content (AvgIpc) is 2.65. The third kappa shape index (κ3) is 4.34. The summed E-state index contributed by atoms with van der Waals surface area (Å²) < 4.78 is 13.7. The van der Waals surface area contributed by atoms with Gasteiger partial charge in [-0.15, -0.1) is 0 Å². The molecule has 2 aromatic rings. The molecule has 136 valence electrons. The van der Waals surface area contributed by atoms with Gasteiger partial charge in [0.1, 0.15) is 5.82 Å². The zero-order valence-corrected chi connectivity index (χ0v) is 15.4. The molecule has 2 amide bonds. The molecule has 1 heterocycles. The van der Waals surface area contributed by atoms with Crippen LogP contribution in [0.2, 0.25) is 10.0 Å². The van der Waals surface area contributed by atoms with Gasteiger partial charge in [0.2, 0.25) is 5.91 Å². The Morgan fingerprint density at radius 1 is 1.00 bits per heavy atom. The molecule has 4 nitrogen and oxygen atoms in total. The molecule has 0 radical (unpaired) electrons. The molecule has 1 aliphatic heterocycles. The molecule has 0 aliphatic carbocycles. The van der Waals surface area contributed by atoms with Crippen LogP contribution in [-0.4, -0.2) is 29.8 Å². The van der Waals surface area contributed by atoms with Crippen LogP contribution in [0.25, 0.3) is 0 Å². The highest BCUT2D eigenvalue weighted by atomic mass is 35.5. The lowest BCUT2D eigenvalue weighted by Crippen LogP contribution is -2.41. The molecule has 0 spiro atoms. The van der Waals surface area contributed by atoms with Gasteiger partial charge in [-0.25, -0.2) is 4.39 Å². The molecule has 26 heavy (non-hydrogen) atoms. The van der Waals surface area contributed by atoms with E-state index in [0.29, 0.717) is 41.5 Å². The third-order valence-corrected chi connectivity index (χ3v) is 4.92. The Bertz CT molecular complexity index is 819. The second-order valence-electron chi connectivity index (χ2n) is 6.19. The SMILES string of the molecule is O=C(Nc1cc(Cl)ccc1F)C1CCN(C(=O)c2ccc(Cl)cc2)CC1. The number of piperidine rings is 1. The van der Waals surface area contributed by atoms with Crippen molar-refractivity contribution in [2.24, 2.45) is 5.92 Å². The summed E-state index contributed by atoms with van der Waals surface area (Å²) in [6, 6.07) is 10.7. The first-order chi connectivity index (χ1) is 12.4. The fourth-order valence-electron chi connectivity index (χ4n) is 2.95. The van der Waals surface area contributed by atoms with Gasteiger partial charge >= 0.3 is 0 Å². The van der Waals surface area contributed by atoms with Gasteiger partial charge in [0.05, 0.1) is 5.69 Å². The predicted octanol–water partition coefficient (Wildman–Crippen LogP) is 4.62. The van der Waals surface area contributed by atoms with Gasteiger partial charge in [-0.2, -0.15) is 0 Å². The van der Waals surface area contributed by atoms with Gasteiger partial charge in [0, 0.05) is 34.6 Å². The summed E-state index contributed by atoms with van der Waals surface area (Å²) >= 11 is 11.7. The number of amides is 2. The number of rotatable bonds is 3. The summed E-state index contributed by atoms with van der Waals surface area (Å²) in [6.45, 7) is 0.940. The number of halogens is 3. The van der Waals surface area contributed by atoms with Gasteiger partial charge in [-0.1, -0.05) is 23.2 Å². The van der Waals surface area contributed by atoms with E-state index in [0.717, 1.165) is 0 Å². The first kappa shape index (κ1) is 18.7. The number of hydrogen-bond acceptors (Lipinski definition) is 2. The highest BCUT2D eigenvalue weighted by Crippen LogP contribution is 2.24. The lowest BCUT2D eigenvalue weighted by molar-refractivity contribution is -0.121. The molecule has 0 saturated carbocycles. The van der Waals surface area contributed by atoms with Crippen LogP contribution in [0.4, 0.5) is 10.1 Å². The number of hydrogen-bond donors (Lipinski definition) is 1. The first-order valence-corrected chi connectivity index (χ1v) is 9.00. The Morgan fingerprint density at radius 2 is 1.62 bits per heavy atom. The van der Waals surface area contributed by atoms with E-state index in [1.807, 2.05) is 0 Å². The third-order valence-electron chi connectivity index (χ3n) is 4.43. The van der Waals surface area contributed by atoms with E-state index >= 15 is 0 Å². The fourth-order valence-corrected chi connectivity index (χ4v) is 3.25. The van der Waals surface area contributed by atoms with Crippen LogP contribution in [-0.2, 0) is 4.79 Å². The standard InChI is InChI=1S/C19H17Cl2FN2O2/c20-14-3-1-13(2-4-14)19(26)24-9-7-12(8-10-24)18(25)23-17-11-15(21)5-6-16(17)22/h1-6,11-12H,7-10H2,(H,23,25). The normalized spacial score (nSPS) is 15.0. The van der Waals surface area contributed by atoms with Crippen molar-refractivity contribution in [1.29, 1.82) is 0 Å². The van der Waals surface area contributed by atoms with Crippen molar-refractivity contribution in [2.45, 2.75) is 12.8 Å². The van der Waals surface area contributed by atoms with Crippen molar-refractivity contribution < 1.29 is 14.0 Å². The fraction of sp³-hybridized carbons (Fsp3) is 0.263. The predicted molar refractivity (Wildman–Crippen MR) is 100 cm³/mol. The largest absolute Gasteiger partial charge is 0.339 e. The second kappa shape index (κ2) is 8.06. The number of nitrogens with one attached hydrogen (secondary N) is 1.